The summed E-state index contributed by atoms with van der Waals surface area (Å²) >= 11 is 6.12. The van der Waals surface area contributed by atoms with Crippen molar-refractivity contribution in [2.45, 2.75) is 11.8 Å². The average molecular weight is 246 g/mol. The molecular weight excluding hydrogens is 234 g/mol. The molecule has 0 saturated carbocycles. The van der Waals surface area contributed by atoms with Gasteiger partial charge in [0.15, 0.2) is 5.78 Å². The van der Waals surface area contributed by atoms with E-state index in [0.29, 0.717) is 12.0 Å². The standard InChI is InChI=1S/C14H12ClNO/c15-13(9-11-5-4-8-16-10-11)14(17)12-6-2-1-3-7-12/h1-8,10,13H,9H2. The molecule has 1 heterocycles. The predicted octanol–water partition coefficient (Wildman–Crippen LogP) is 3.11. The second kappa shape index (κ2) is 5.60. The number of Topliss-reactive ketones (excluding diaryl/α,β-unsaturated/α-hetero) is 1. The SMILES string of the molecule is O=C(c1ccccc1)C(Cl)Cc1cccnc1. The number of alkyl halides is 1. The van der Waals surface area contributed by atoms with Crippen molar-refractivity contribution in [1.82, 2.24) is 4.98 Å². The van der Waals surface area contributed by atoms with Gasteiger partial charge in [-0.05, 0) is 18.1 Å². The maximum absolute atomic E-state index is 12.0. The molecule has 0 bridgehead atoms. The van der Waals surface area contributed by atoms with Crippen molar-refractivity contribution in [1.29, 1.82) is 0 Å². The zero-order chi connectivity index (χ0) is 12.1. The highest BCUT2D eigenvalue weighted by Gasteiger charge is 2.17. The van der Waals surface area contributed by atoms with E-state index in [9.17, 15) is 4.79 Å². The number of hydrogen-bond donors (Lipinski definition) is 0. The Hall–Kier alpha value is -1.67. The quantitative estimate of drug-likeness (QED) is 0.612. The Morgan fingerprint density at radius 1 is 1.18 bits per heavy atom. The first-order valence-corrected chi connectivity index (χ1v) is 5.83. The van der Waals surface area contributed by atoms with Crippen molar-refractivity contribution in [3.05, 3.63) is 66.0 Å². The van der Waals surface area contributed by atoms with E-state index in [0.717, 1.165) is 5.56 Å². The van der Waals surface area contributed by atoms with Crippen LogP contribution in [0, 0.1) is 0 Å². The van der Waals surface area contributed by atoms with E-state index >= 15 is 0 Å². The summed E-state index contributed by atoms with van der Waals surface area (Å²) in [6.45, 7) is 0. The number of nitrogens with zero attached hydrogens (tertiary/aromatic N) is 1. The molecule has 0 saturated heterocycles. The maximum Gasteiger partial charge on any atom is 0.180 e. The lowest BCUT2D eigenvalue weighted by Gasteiger charge is -2.08. The van der Waals surface area contributed by atoms with Gasteiger partial charge in [0.1, 0.15) is 5.38 Å². The van der Waals surface area contributed by atoms with Gasteiger partial charge in [0.25, 0.3) is 0 Å². The number of halogens is 1. The molecule has 0 aliphatic heterocycles. The molecular formula is C14H12ClNO. The molecule has 1 unspecified atom stereocenters. The molecule has 0 fully saturated rings. The Bertz CT molecular complexity index is 484. The Labute approximate surface area is 105 Å². The lowest BCUT2D eigenvalue weighted by atomic mass is 10.0. The average Bonchev–Trinajstić information content (AvgIpc) is 2.40. The lowest BCUT2D eigenvalue weighted by molar-refractivity contribution is 0.0986. The smallest absolute Gasteiger partial charge is 0.180 e. The van der Waals surface area contributed by atoms with Crippen LogP contribution in [0.15, 0.2) is 54.9 Å². The third kappa shape index (κ3) is 3.14. The number of pyridine rings is 1. The molecule has 0 spiro atoms. The van der Waals surface area contributed by atoms with Crippen LogP contribution >= 0.6 is 11.6 Å². The number of rotatable bonds is 4. The molecule has 0 aliphatic carbocycles. The van der Waals surface area contributed by atoms with Gasteiger partial charge >= 0.3 is 0 Å². The van der Waals surface area contributed by atoms with Crippen molar-refractivity contribution < 1.29 is 4.79 Å². The van der Waals surface area contributed by atoms with Crippen LogP contribution in [0.25, 0.3) is 0 Å². The second-order valence-corrected chi connectivity index (χ2v) is 4.29. The largest absolute Gasteiger partial charge is 0.292 e. The Morgan fingerprint density at radius 2 is 1.94 bits per heavy atom. The summed E-state index contributed by atoms with van der Waals surface area (Å²) in [5, 5.41) is -0.540. The van der Waals surface area contributed by atoms with E-state index in [4.69, 9.17) is 11.6 Å². The van der Waals surface area contributed by atoms with Crippen molar-refractivity contribution in [3.63, 3.8) is 0 Å². The molecule has 2 nitrogen and oxygen atoms in total. The summed E-state index contributed by atoms with van der Waals surface area (Å²) in [5.74, 6) is -0.0453. The van der Waals surface area contributed by atoms with Crippen LogP contribution in [0.1, 0.15) is 15.9 Å². The minimum absolute atomic E-state index is 0.0453. The molecule has 0 N–H and O–H groups in total. The summed E-state index contributed by atoms with van der Waals surface area (Å²) in [6, 6.07) is 12.9. The van der Waals surface area contributed by atoms with E-state index in [1.165, 1.54) is 0 Å². The molecule has 0 aliphatic rings. The fourth-order valence-corrected chi connectivity index (χ4v) is 1.91. The van der Waals surface area contributed by atoms with Crippen molar-refractivity contribution in [2.24, 2.45) is 0 Å². The third-order valence-corrected chi connectivity index (χ3v) is 2.83. The Balaban J connectivity index is 2.06. The predicted molar refractivity (Wildman–Crippen MR) is 68.4 cm³/mol. The molecule has 1 aromatic heterocycles. The minimum Gasteiger partial charge on any atom is -0.292 e. The van der Waals surface area contributed by atoms with Crippen molar-refractivity contribution in [3.8, 4) is 0 Å². The summed E-state index contributed by atoms with van der Waals surface area (Å²) in [6.07, 6.45) is 3.93. The zero-order valence-electron chi connectivity index (χ0n) is 9.21. The van der Waals surface area contributed by atoms with Gasteiger partial charge in [0.2, 0.25) is 0 Å². The summed E-state index contributed by atoms with van der Waals surface area (Å²) in [4.78, 5) is 16.0. The molecule has 0 radical (unpaired) electrons. The molecule has 1 aromatic carbocycles. The molecule has 2 aromatic rings. The number of carbonyl (C=O) groups is 1. The second-order valence-electron chi connectivity index (χ2n) is 3.76. The Kier molecular flexibility index (Phi) is 3.89. The van der Waals surface area contributed by atoms with Gasteiger partial charge in [-0.15, -0.1) is 11.6 Å². The number of carbonyl (C=O) groups excluding carboxylic acids is 1. The highest BCUT2D eigenvalue weighted by molar-refractivity contribution is 6.34. The van der Waals surface area contributed by atoms with E-state index in [2.05, 4.69) is 4.98 Å². The molecule has 86 valence electrons. The minimum atomic E-state index is -0.540. The van der Waals surface area contributed by atoms with E-state index in [-0.39, 0.29) is 5.78 Å². The first-order chi connectivity index (χ1) is 8.27. The summed E-state index contributed by atoms with van der Waals surface area (Å²) < 4.78 is 0. The number of ketones is 1. The molecule has 1 atom stereocenters. The molecule has 17 heavy (non-hydrogen) atoms. The van der Waals surface area contributed by atoms with E-state index in [1.807, 2.05) is 30.3 Å². The molecule has 3 heteroatoms. The van der Waals surface area contributed by atoms with E-state index in [1.54, 1.807) is 24.5 Å². The van der Waals surface area contributed by atoms with Gasteiger partial charge in [0, 0.05) is 18.0 Å². The van der Waals surface area contributed by atoms with Gasteiger partial charge in [-0.2, -0.15) is 0 Å². The van der Waals surface area contributed by atoms with Crippen LogP contribution in [0.4, 0.5) is 0 Å². The number of aromatic nitrogens is 1. The Morgan fingerprint density at radius 3 is 2.59 bits per heavy atom. The van der Waals surface area contributed by atoms with E-state index < -0.39 is 5.38 Å². The first-order valence-electron chi connectivity index (χ1n) is 5.39. The maximum atomic E-state index is 12.0. The molecule has 0 amide bonds. The number of hydrogen-bond acceptors (Lipinski definition) is 2. The van der Waals surface area contributed by atoms with Gasteiger partial charge in [-0.1, -0.05) is 36.4 Å². The third-order valence-electron chi connectivity index (χ3n) is 2.48. The van der Waals surface area contributed by atoms with Gasteiger partial charge in [-0.3, -0.25) is 9.78 Å². The van der Waals surface area contributed by atoms with Crippen LogP contribution in [-0.2, 0) is 6.42 Å². The lowest BCUT2D eigenvalue weighted by Crippen LogP contribution is -2.17. The number of benzene rings is 1. The normalized spacial score (nSPS) is 12.1. The fourth-order valence-electron chi connectivity index (χ4n) is 1.60. The van der Waals surface area contributed by atoms with Crippen LogP contribution in [-0.4, -0.2) is 16.1 Å². The zero-order valence-corrected chi connectivity index (χ0v) is 9.97. The van der Waals surface area contributed by atoms with Gasteiger partial charge in [0.05, 0.1) is 0 Å². The molecule has 2 rings (SSSR count). The van der Waals surface area contributed by atoms with Crippen LogP contribution < -0.4 is 0 Å². The highest BCUT2D eigenvalue weighted by atomic mass is 35.5. The first kappa shape index (κ1) is 11.8. The van der Waals surface area contributed by atoms with Gasteiger partial charge < -0.3 is 0 Å². The van der Waals surface area contributed by atoms with Crippen LogP contribution in [0.5, 0.6) is 0 Å². The highest BCUT2D eigenvalue weighted by Crippen LogP contribution is 2.13. The fraction of sp³-hybridized carbons (Fsp3) is 0.143. The van der Waals surface area contributed by atoms with Crippen molar-refractivity contribution >= 4 is 17.4 Å². The van der Waals surface area contributed by atoms with Crippen LogP contribution in [0.3, 0.4) is 0 Å². The summed E-state index contributed by atoms with van der Waals surface area (Å²) in [7, 11) is 0. The van der Waals surface area contributed by atoms with Crippen molar-refractivity contribution in [2.75, 3.05) is 0 Å². The monoisotopic (exact) mass is 245 g/mol. The van der Waals surface area contributed by atoms with Gasteiger partial charge in [-0.25, -0.2) is 0 Å². The summed E-state index contributed by atoms with van der Waals surface area (Å²) in [5.41, 5.74) is 1.62. The van der Waals surface area contributed by atoms with Crippen LogP contribution in [0.2, 0.25) is 0 Å². The topological polar surface area (TPSA) is 30.0 Å².